The first-order valence-electron chi connectivity index (χ1n) is 9.97. The fourth-order valence-electron chi connectivity index (χ4n) is 3.60. The maximum Gasteiger partial charge on any atom is 0.343 e. The van der Waals surface area contributed by atoms with E-state index >= 15 is 0 Å². The Labute approximate surface area is 183 Å². The van der Waals surface area contributed by atoms with Gasteiger partial charge in [-0.2, -0.15) is 5.10 Å². The average molecular weight is 445 g/mol. The molecule has 1 amide bonds. The Morgan fingerprint density at radius 1 is 1.23 bits per heavy atom. The largest absolute Gasteiger partial charge is 0.485 e. The Bertz CT molecular complexity index is 1200. The van der Waals surface area contributed by atoms with E-state index in [1.165, 1.54) is 22.8 Å². The van der Waals surface area contributed by atoms with Crippen molar-refractivity contribution in [1.82, 2.24) is 19.7 Å². The first-order chi connectivity index (χ1) is 14.8. The maximum atomic E-state index is 14.9. The van der Waals surface area contributed by atoms with Crippen LogP contribution in [0.4, 0.5) is 4.39 Å². The van der Waals surface area contributed by atoms with E-state index < -0.39 is 5.82 Å². The van der Waals surface area contributed by atoms with E-state index in [0.29, 0.717) is 40.8 Å². The molecule has 0 spiro atoms. The van der Waals surface area contributed by atoms with E-state index in [1.54, 1.807) is 24.1 Å². The molecular formula is C22H22ClFN4O3. The van der Waals surface area contributed by atoms with Gasteiger partial charge in [0, 0.05) is 41.9 Å². The molecule has 0 unspecified atom stereocenters. The molecule has 0 radical (unpaired) electrons. The first kappa shape index (κ1) is 21.1. The van der Waals surface area contributed by atoms with E-state index in [2.05, 4.69) is 10.2 Å². The number of benzene rings is 2. The second-order valence-corrected chi connectivity index (χ2v) is 7.99. The van der Waals surface area contributed by atoms with Crippen LogP contribution in [-0.4, -0.2) is 38.7 Å². The number of ether oxygens (including phenoxy) is 1. The van der Waals surface area contributed by atoms with E-state index in [4.69, 9.17) is 16.3 Å². The van der Waals surface area contributed by atoms with Crippen LogP contribution in [0.25, 0.3) is 11.1 Å². The molecule has 7 nitrogen and oxygen atoms in total. The number of carbonyl (C=O) groups is 1. The summed E-state index contributed by atoms with van der Waals surface area (Å²) < 4.78 is 22.1. The molecule has 3 aromatic rings. The number of aromatic amines is 1. The predicted octanol–water partition coefficient (Wildman–Crippen LogP) is 3.69. The molecule has 0 bridgehead atoms. The number of aryl methyl sites for hydroxylation is 1. The van der Waals surface area contributed by atoms with Crippen molar-refractivity contribution in [3.05, 3.63) is 68.6 Å². The lowest BCUT2D eigenvalue weighted by atomic mass is 9.99. The Balaban J connectivity index is 1.72. The second-order valence-electron chi connectivity index (χ2n) is 7.58. The Hall–Kier alpha value is -3.13. The summed E-state index contributed by atoms with van der Waals surface area (Å²) in [5.74, 6) is 0.157. The van der Waals surface area contributed by atoms with Crippen molar-refractivity contribution in [1.29, 1.82) is 0 Å². The van der Waals surface area contributed by atoms with Gasteiger partial charge in [-0.3, -0.25) is 9.36 Å². The number of aromatic nitrogens is 3. The van der Waals surface area contributed by atoms with E-state index in [9.17, 15) is 14.0 Å². The number of hydrogen-bond acceptors (Lipinski definition) is 4. The SMILES string of the molecule is Cc1cc(OCc2n[nH]c(=O)n2C)c(-c2cc(C(=O)N3CCCC3)ccc2F)cc1Cl. The molecule has 2 heterocycles. The highest BCUT2D eigenvalue weighted by molar-refractivity contribution is 6.31. The third-order valence-corrected chi connectivity index (χ3v) is 5.89. The summed E-state index contributed by atoms with van der Waals surface area (Å²) in [5.41, 5.74) is 1.45. The summed E-state index contributed by atoms with van der Waals surface area (Å²) in [7, 11) is 1.58. The van der Waals surface area contributed by atoms with Gasteiger partial charge >= 0.3 is 5.69 Å². The van der Waals surface area contributed by atoms with Gasteiger partial charge in [0.1, 0.15) is 18.2 Å². The van der Waals surface area contributed by atoms with Gasteiger partial charge in [0.15, 0.2) is 5.82 Å². The van der Waals surface area contributed by atoms with Crippen LogP contribution in [0.5, 0.6) is 5.75 Å². The summed E-state index contributed by atoms with van der Waals surface area (Å²) in [6.07, 6.45) is 1.95. The number of H-pyrrole nitrogens is 1. The molecular weight excluding hydrogens is 423 g/mol. The smallest absolute Gasteiger partial charge is 0.343 e. The number of amides is 1. The van der Waals surface area contributed by atoms with Crippen LogP contribution in [0, 0.1) is 12.7 Å². The second kappa shape index (κ2) is 8.55. The number of nitrogens with zero attached hydrogens (tertiary/aromatic N) is 3. The third kappa shape index (κ3) is 4.20. The standard InChI is InChI=1S/C22H22ClFN4O3/c1-13-9-19(31-12-20-25-26-22(30)27(20)2)16(11-17(13)23)15-10-14(5-6-18(15)24)21(29)28-7-3-4-8-28/h5-6,9-11H,3-4,7-8,12H2,1-2H3,(H,26,30). The fraction of sp³-hybridized carbons (Fsp3) is 0.318. The quantitative estimate of drug-likeness (QED) is 0.650. The van der Waals surface area contributed by atoms with Crippen molar-refractivity contribution in [3.63, 3.8) is 0 Å². The maximum absolute atomic E-state index is 14.9. The van der Waals surface area contributed by atoms with Crippen molar-refractivity contribution < 1.29 is 13.9 Å². The highest BCUT2D eigenvalue weighted by atomic mass is 35.5. The zero-order valence-electron chi connectivity index (χ0n) is 17.2. The molecule has 1 aliphatic rings. The van der Waals surface area contributed by atoms with Crippen molar-refractivity contribution in [2.45, 2.75) is 26.4 Å². The van der Waals surface area contributed by atoms with E-state index in [-0.39, 0.29) is 23.8 Å². The molecule has 1 N–H and O–H groups in total. The molecule has 0 atom stereocenters. The van der Waals surface area contributed by atoms with Gasteiger partial charge in [0.05, 0.1) is 0 Å². The normalized spacial score (nSPS) is 13.6. The van der Waals surface area contributed by atoms with Crippen LogP contribution in [0.3, 0.4) is 0 Å². The lowest BCUT2D eigenvalue weighted by Gasteiger charge is -2.17. The molecule has 1 aliphatic heterocycles. The van der Waals surface area contributed by atoms with Gasteiger partial charge < -0.3 is 9.64 Å². The van der Waals surface area contributed by atoms with Crippen molar-refractivity contribution in [3.8, 4) is 16.9 Å². The monoisotopic (exact) mass is 444 g/mol. The fourth-order valence-corrected chi connectivity index (χ4v) is 3.77. The van der Waals surface area contributed by atoms with Crippen LogP contribution in [0.1, 0.15) is 34.6 Å². The average Bonchev–Trinajstić information content (AvgIpc) is 3.40. The van der Waals surface area contributed by atoms with Gasteiger partial charge in [-0.25, -0.2) is 14.3 Å². The van der Waals surface area contributed by atoms with Gasteiger partial charge in [-0.05, 0) is 55.7 Å². The van der Waals surface area contributed by atoms with Crippen LogP contribution in [0.2, 0.25) is 5.02 Å². The lowest BCUT2D eigenvalue weighted by Crippen LogP contribution is -2.27. The summed E-state index contributed by atoms with van der Waals surface area (Å²) in [6, 6.07) is 7.65. The van der Waals surface area contributed by atoms with Gasteiger partial charge in [-0.1, -0.05) is 11.6 Å². The lowest BCUT2D eigenvalue weighted by molar-refractivity contribution is 0.0793. The highest BCUT2D eigenvalue weighted by Crippen LogP contribution is 2.37. The van der Waals surface area contributed by atoms with Crippen molar-refractivity contribution >= 4 is 17.5 Å². The molecule has 9 heteroatoms. The summed E-state index contributed by atoms with van der Waals surface area (Å²) >= 11 is 6.32. The first-order valence-corrected chi connectivity index (χ1v) is 10.4. The Morgan fingerprint density at radius 2 is 1.97 bits per heavy atom. The van der Waals surface area contributed by atoms with Crippen LogP contribution in [0.15, 0.2) is 35.1 Å². The summed E-state index contributed by atoms with van der Waals surface area (Å²) in [5, 5.41) is 6.72. The topological polar surface area (TPSA) is 80.2 Å². The minimum atomic E-state index is -0.491. The van der Waals surface area contributed by atoms with Crippen LogP contribution in [-0.2, 0) is 13.7 Å². The van der Waals surface area contributed by atoms with Crippen molar-refractivity contribution in [2.24, 2.45) is 7.05 Å². The zero-order chi connectivity index (χ0) is 22.1. The van der Waals surface area contributed by atoms with Gasteiger partial charge in [0.25, 0.3) is 5.91 Å². The molecule has 0 saturated carbocycles. The number of nitrogens with one attached hydrogen (secondary N) is 1. The Morgan fingerprint density at radius 3 is 2.65 bits per heavy atom. The molecule has 31 heavy (non-hydrogen) atoms. The molecule has 4 rings (SSSR count). The van der Waals surface area contributed by atoms with Crippen LogP contribution >= 0.6 is 11.6 Å². The van der Waals surface area contributed by atoms with Crippen molar-refractivity contribution in [2.75, 3.05) is 13.1 Å². The number of rotatable bonds is 5. The molecule has 0 aliphatic carbocycles. The highest BCUT2D eigenvalue weighted by Gasteiger charge is 2.22. The van der Waals surface area contributed by atoms with Gasteiger partial charge in [0.2, 0.25) is 0 Å². The number of hydrogen-bond donors (Lipinski definition) is 1. The molecule has 1 aromatic heterocycles. The minimum absolute atomic E-state index is 0.00265. The molecule has 1 fully saturated rings. The molecule has 162 valence electrons. The van der Waals surface area contributed by atoms with Crippen LogP contribution < -0.4 is 10.4 Å². The third-order valence-electron chi connectivity index (χ3n) is 5.49. The Kier molecular flexibility index (Phi) is 5.82. The minimum Gasteiger partial charge on any atom is -0.485 e. The number of halogens is 2. The number of carbonyl (C=O) groups excluding carboxylic acids is 1. The summed E-state index contributed by atoms with van der Waals surface area (Å²) in [4.78, 5) is 26.2. The summed E-state index contributed by atoms with van der Waals surface area (Å²) in [6.45, 7) is 3.22. The molecule has 1 saturated heterocycles. The van der Waals surface area contributed by atoms with E-state index in [0.717, 1.165) is 18.4 Å². The number of likely N-dealkylation sites (tertiary alicyclic amines) is 1. The van der Waals surface area contributed by atoms with Gasteiger partial charge in [-0.15, -0.1) is 0 Å². The molecule has 2 aromatic carbocycles. The van der Waals surface area contributed by atoms with E-state index in [1.807, 2.05) is 6.92 Å². The zero-order valence-corrected chi connectivity index (χ0v) is 18.0. The predicted molar refractivity (Wildman–Crippen MR) is 115 cm³/mol.